The maximum Gasteiger partial charge on any atom is 0.153 e. The fourth-order valence-corrected chi connectivity index (χ4v) is 2.93. The van der Waals surface area contributed by atoms with Crippen molar-refractivity contribution in [2.75, 3.05) is 11.9 Å². The van der Waals surface area contributed by atoms with E-state index in [-0.39, 0.29) is 0 Å². The third-order valence-electron chi connectivity index (χ3n) is 3.93. The lowest BCUT2D eigenvalue weighted by Gasteiger charge is -2.19. The zero-order chi connectivity index (χ0) is 14.7. The van der Waals surface area contributed by atoms with Gasteiger partial charge in [0.1, 0.15) is 0 Å². The highest BCUT2D eigenvalue weighted by atomic mass is 15.5. The van der Waals surface area contributed by atoms with E-state index in [1.807, 2.05) is 19.1 Å². The summed E-state index contributed by atoms with van der Waals surface area (Å²) in [7, 11) is 0. The molecule has 112 valence electrons. The standard InChI is InChI=1S/C15H22N6/c1-11(9-13-6-4-8-16-13)17-14-5-3-7-15(10-14)21-12(2)18-19-20-21/h3,5,7,10-11,13,16-17H,4,6,8-9H2,1-2H3. The fourth-order valence-electron chi connectivity index (χ4n) is 2.93. The van der Waals surface area contributed by atoms with Gasteiger partial charge in [-0.15, -0.1) is 5.10 Å². The second-order valence-electron chi connectivity index (χ2n) is 5.76. The molecule has 1 aromatic carbocycles. The molecule has 1 aliphatic rings. The average molecular weight is 286 g/mol. The Morgan fingerprint density at radius 1 is 1.48 bits per heavy atom. The van der Waals surface area contributed by atoms with E-state index in [1.54, 1.807) is 4.68 Å². The van der Waals surface area contributed by atoms with Gasteiger partial charge in [-0.25, -0.2) is 0 Å². The minimum absolute atomic E-state index is 0.436. The summed E-state index contributed by atoms with van der Waals surface area (Å²) in [6.07, 6.45) is 3.73. The summed E-state index contributed by atoms with van der Waals surface area (Å²) >= 11 is 0. The van der Waals surface area contributed by atoms with Crippen molar-refractivity contribution in [2.45, 2.75) is 45.2 Å². The van der Waals surface area contributed by atoms with E-state index in [1.165, 1.54) is 12.8 Å². The highest BCUT2D eigenvalue weighted by molar-refractivity contribution is 5.51. The molecule has 0 aliphatic carbocycles. The number of nitrogens with zero attached hydrogens (tertiary/aromatic N) is 4. The Bertz CT molecular complexity index is 587. The maximum atomic E-state index is 4.01. The first-order valence-electron chi connectivity index (χ1n) is 7.58. The van der Waals surface area contributed by atoms with E-state index < -0.39 is 0 Å². The van der Waals surface area contributed by atoms with Crippen molar-refractivity contribution >= 4 is 5.69 Å². The number of aryl methyl sites for hydroxylation is 1. The molecule has 21 heavy (non-hydrogen) atoms. The number of aromatic nitrogens is 4. The van der Waals surface area contributed by atoms with Crippen molar-refractivity contribution in [3.63, 3.8) is 0 Å². The van der Waals surface area contributed by atoms with Gasteiger partial charge in [0.05, 0.1) is 5.69 Å². The molecule has 0 radical (unpaired) electrons. The second kappa shape index (κ2) is 6.22. The van der Waals surface area contributed by atoms with E-state index >= 15 is 0 Å². The van der Waals surface area contributed by atoms with Crippen molar-refractivity contribution in [1.29, 1.82) is 0 Å². The van der Waals surface area contributed by atoms with Gasteiger partial charge in [0.25, 0.3) is 0 Å². The largest absolute Gasteiger partial charge is 0.382 e. The molecule has 0 spiro atoms. The molecule has 2 atom stereocenters. The molecule has 1 fully saturated rings. The number of benzene rings is 1. The predicted molar refractivity (Wildman–Crippen MR) is 82.6 cm³/mol. The summed E-state index contributed by atoms with van der Waals surface area (Å²) in [5, 5.41) is 18.7. The molecule has 0 amide bonds. The molecule has 6 heteroatoms. The van der Waals surface area contributed by atoms with Gasteiger partial charge in [0.15, 0.2) is 5.82 Å². The van der Waals surface area contributed by atoms with E-state index in [0.717, 1.165) is 30.2 Å². The Morgan fingerprint density at radius 3 is 3.10 bits per heavy atom. The van der Waals surface area contributed by atoms with Gasteiger partial charge in [-0.3, -0.25) is 0 Å². The van der Waals surface area contributed by atoms with Crippen LogP contribution >= 0.6 is 0 Å². The van der Waals surface area contributed by atoms with Crippen LogP contribution in [0, 0.1) is 6.92 Å². The molecule has 2 unspecified atom stereocenters. The number of tetrazole rings is 1. The second-order valence-corrected chi connectivity index (χ2v) is 5.76. The SMILES string of the molecule is Cc1nnnn1-c1cccc(NC(C)CC2CCCN2)c1. The summed E-state index contributed by atoms with van der Waals surface area (Å²) in [4.78, 5) is 0. The number of hydrogen-bond acceptors (Lipinski definition) is 5. The lowest BCUT2D eigenvalue weighted by molar-refractivity contribution is 0.523. The van der Waals surface area contributed by atoms with Gasteiger partial charge >= 0.3 is 0 Å². The van der Waals surface area contributed by atoms with Crippen molar-refractivity contribution in [2.24, 2.45) is 0 Å². The Labute approximate surface area is 124 Å². The molecular weight excluding hydrogens is 264 g/mol. The highest BCUT2D eigenvalue weighted by Gasteiger charge is 2.17. The van der Waals surface area contributed by atoms with Crippen LogP contribution < -0.4 is 10.6 Å². The van der Waals surface area contributed by atoms with Crippen LogP contribution in [0.15, 0.2) is 24.3 Å². The molecule has 0 saturated carbocycles. The normalized spacial score (nSPS) is 19.6. The predicted octanol–water partition coefficient (Wildman–Crippen LogP) is 1.91. The first-order chi connectivity index (χ1) is 10.2. The van der Waals surface area contributed by atoms with E-state index in [9.17, 15) is 0 Å². The third-order valence-corrected chi connectivity index (χ3v) is 3.93. The van der Waals surface area contributed by atoms with Crippen molar-refractivity contribution in [3.05, 3.63) is 30.1 Å². The number of rotatable bonds is 5. The van der Waals surface area contributed by atoms with Crippen LogP contribution in [-0.2, 0) is 0 Å². The third kappa shape index (κ3) is 3.39. The first kappa shape index (κ1) is 14.0. The van der Waals surface area contributed by atoms with Crippen LogP contribution in [0.1, 0.15) is 32.0 Å². The lowest BCUT2D eigenvalue weighted by atomic mass is 10.1. The summed E-state index contributed by atoms with van der Waals surface area (Å²) in [6, 6.07) is 9.30. The monoisotopic (exact) mass is 286 g/mol. The molecule has 2 aromatic rings. The van der Waals surface area contributed by atoms with Gasteiger partial charge in [-0.05, 0) is 68.3 Å². The van der Waals surface area contributed by atoms with E-state index in [4.69, 9.17) is 0 Å². The van der Waals surface area contributed by atoms with Crippen LogP contribution in [0.3, 0.4) is 0 Å². The summed E-state index contributed by atoms with van der Waals surface area (Å²) in [5.41, 5.74) is 2.08. The first-order valence-corrected chi connectivity index (χ1v) is 7.58. The molecule has 3 rings (SSSR count). The van der Waals surface area contributed by atoms with Crippen LogP contribution in [0.25, 0.3) is 5.69 Å². The van der Waals surface area contributed by atoms with Crippen molar-refractivity contribution in [1.82, 2.24) is 25.5 Å². The van der Waals surface area contributed by atoms with Crippen molar-refractivity contribution in [3.8, 4) is 5.69 Å². The van der Waals surface area contributed by atoms with Crippen LogP contribution in [0.2, 0.25) is 0 Å². The summed E-state index contributed by atoms with van der Waals surface area (Å²) < 4.78 is 1.74. The Morgan fingerprint density at radius 2 is 2.38 bits per heavy atom. The number of nitrogens with one attached hydrogen (secondary N) is 2. The van der Waals surface area contributed by atoms with Gasteiger partial charge in [-0.1, -0.05) is 6.07 Å². The van der Waals surface area contributed by atoms with Crippen LogP contribution in [-0.4, -0.2) is 38.8 Å². The molecule has 1 aliphatic heterocycles. The fraction of sp³-hybridized carbons (Fsp3) is 0.533. The molecule has 6 nitrogen and oxygen atoms in total. The zero-order valence-electron chi connectivity index (χ0n) is 12.6. The Hall–Kier alpha value is -1.95. The smallest absolute Gasteiger partial charge is 0.153 e. The van der Waals surface area contributed by atoms with Crippen molar-refractivity contribution < 1.29 is 0 Å². The topological polar surface area (TPSA) is 67.7 Å². The van der Waals surface area contributed by atoms with Crippen LogP contribution in [0.5, 0.6) is 0 Å². The molecule has 2 N–H and O–H groups in total. The van der Waals surface area contributed by atoms with Crippen LogP contribution in [0.4, 0.5) is 5.69 Å². The number of anilines is 1. The summed E-state index contributed by atoms with van der Waals surface area (Å²) in [5.74, 6) is 0.787. The van der Waals surface area contributed by atoms with Gasteiger partial charge in [0, 0.05) is 17.8 Å². The molecular formula is C15H22N6. The van der Waals surface area contributed by atoms with Gasteiger partial charge < -0.3 is 10.6 Å². The minimum Gasteiger partial charge on any atom is -0.382 e. The molecule has 2 heterocycles. The molecule has 0 bridgehead atoms. The molecule has 1 saturated heterocycles. The Kier molecular flexibility index (Phi) is 4.15. The Balaban J connectivity index is 1.67. The van der Waals surface area contributed by atoms with Gasteiger partial charge in [-0.2, -0.15) is 4.68 Å². The summed E-state index contributed by atoms with van der Waals surface area (Å²) in [6.45, 7) is 5.29. The number of hydrogen-bond donors (Lipinski definition) is 2. The van der Waals surface area contributed by atoms with Gasteiger partial charge in [0.2, 0.25) is 0 Å². The highest BCUT2D eigenvalue weighted by Crippen LogP contribution is 2.18. The molecule has 1 aromatic heterocycles. The minimum atomic E-state index is 0.436. The lowest BCUT2D eigenvalue weighted by Crippen LogP contribution is -2.29. The van der Waals surface area contributed by atoms with E-state index in [2.05, 4.69) is 45.2 Å². The quantitative estimate of drug-likeness (QED) is 0.879. The maximum absolute atomic E-state index is 4.01. The zero-order valence-corrected chi connectivity index (χ0v) is 12.6. The average Bonchev–Trinajstić information content (AvgIpc) is 3.10. The van der Waals surface area contributed by atoms with E-state index in [0.29, 0.717) is 12.1 Å².